The lowest BCUT2D eigenvalue weighted by molar-refractivity contribution is -0.140. The lowest BCUT2D eigenvalue weighted by Gasteiger charge is -2.33. The summed E-state index contributed by atoms with van der Waals surface area (Å²) in [7, 11) is -1.21. The molecule has 3 aromatic carbocycles. The molecular weight excluding hydrogens is 514 g/mol. The Labute approximate surface area is 231 Å². The van der Waals surface area contributed by atoms with E-state index in [2.05, 4.69) is 5.32 Å². The number of anilines is 1. The van der Waals surface area contributed by atoms with Crippen LogP contribution in [0.4, 0.5) is 5.69 Å². The largest absolute Gasteiger partial charge is 0.495 e. The van der Waals surface area contributed by atoms with Gasteiger partial charge in [-0.15, -0.1) is 0 Å². The van der Waals surface area contributed by atoms with E-state index in [1.807, 2.05) is 58.0 Å². The molecule has 0 aliphatic carbocycles. The van der Waals surface area contributed by atoms with Crippen LogP contribution in [0, 0.1) is 20.8 Å². The molecule has 0 spiro atoms. The smallest absolute Gasteiger partial charge is 0.264 e. The number of rotatable bonds is 11. The molecule has 0 radical (unpaired) electrons. The van der Waals surface area contributed by atoms with E-state index in [4.69, 9.17) is 4.74 Å². The summed E-state index contributed by atoms with van der Waals surface area (Å²) in [6.45, 7) is 7.12. The Morgan fingerprint density at radius 1 is 0.897 bits per heavy atom. The van der Waals surface area contributed by atoms with Gasteiger partial charge in [0.2, 0.25) is 11.8 Å². The van der Waals surface area contributed by atoms with E-state index in [0.29, 0.717) is 12.2 Å². The Morgan fingerprint density at radius 2 is 1.46 bits per heavy atom. The maximum Gasteiger partial charge on any atom is 0.264 e. The molecule has 0 fully saturated rings. The molecule has 0 aliphatic heterocycles. The van der Waals surface area contributed by atoms with Crippen molar-refractivity contribution >= 4 is 27.5 Å². The summed E-state index contributed by atoms with van der Waals surface area (Å²) >= 11 is 0. The Balaban J connectivity index is 2.12. The van der Waals surface area contributed by atoms with Crippen molar-refractivity contribution in [2.75, 3.05) is 25.0 Å². The van der Waals surface area contributed by atoms with E-state index in [-0.39, 0.29) is 23.0 Å². The summed E-state index contributed by atoms with van der Waals surface area (Å²) in [6.07, 6.45) is 0.357. The maximum atomic E-state index is 14.0. The number of ether oxygens (including phenoxy) is 1. The zero-order chi connectivity index (χ0) is 28.7. The second-order valence-corrected chi connectivity index (χ2v) is 11.4. The Kier molecular flexibility index (Phi) is 9.75. The fourth-order valence-corrected chi connectivity index (χ4v) is 5.74. The number of hydrogen-bond acceptors (Lipinski definition) is 5. The van der Waals surface area contributed by atoms with Crippen LogP contribution in [0.3, 0.4) is 0 Å². The fourth-order valence-electron chi connectivity index (χ4n) is 4.32. The molecule has 3 rings (SSSR count). The Hall–Kier alpha value is -3.85. The van der Waals surface area contributed by atoms with Crippen LogP contribution in [0.5, 0.6) is 5.75 Å². The second-order valence-electron chi connectivity index (χ2n) is 9.55. The third-order valence-electron chi connectivity index (χ3n) is 6.60. The van der Waals surface area contributed by atoms with Crippen LogP contribution in [0.2, 0.25) is 0 Å². The summed E-state index contributed by atoms with van der Waals surface area (Å²) in [5.41, 5.74) is 3.85. The van der Waals surface area contributed by atoms with Gasteiger partial charge in [-0.2, -0.15) is 0 Å². The molecule has 1 N–H and O–H groups in total. The van der Waals surface area contributed by atoms with Crippen molar-refractivity contribution in [3.63, 3.8) is 0 Å². The average Bonchev–Trinajstić information content (AvgIpc) is 2.92. The number of benzene rings is 3. The van der Waals surface area contributed by atoms with Crippen molar-refractivity contribution < 1.29 is 22.7 Å². The summed E-state index contributed by atoms with van der Waals surface area (Å²) in [4.78, 5) is 28.4. The number of carbonyl (C=O) groups excluding carboxylic acids is 2. The third-order valence-corrected chi connectivity index (χ3v) is 8.37. The van der Waals surface area contributed by atoms with Crippen LogP contribution in [0.25, 0.3) is 0 Å². The first-order valence-corrected chi connectivity index (χ1v) is 14.3. The van der Waals surface area contributed by atoms with E-state index in [1.54, 1.807) is 24.3 Å². The van der Waals surface area contributed by atoms with E-state index in [0.717, 1.165) is 26.6 Å². The molecular formula is C30H37N3O5S. The van der Waals surface area contributed by atoms with Crippen molar-refractivity contribution in [3.05, 3.63) is 89.0 Å². The minimum absolute atomic E-state index is 0.0490. The topological polar surface area (TPSA) is 96.0 Å². The molecule has 208 valence electrons. The maximum absolute atomic E-state index is 14.0. The number of likely N-dealkylation sites (N-methyl/N-ethyl adjacent to an activating group) is 1. The summed E-state index contributed by atoms with van der Waals surface area (Å²) in [6, 6.07) is 18.5. The summed E-state index contributed by atoms with van der Waals surface area (Å²) < 4.78 is 34.6. The van der Waals surface area contributed by atoms with E-state index >= 15 is 0 Å². The molecule has 0 aromatic heterocycles. The third kappa shape index (κ3) is 6.97. The quantitative estimate of drug-likeness (QED) is 0.382. The first-order valence-electron chi connectivity index (χ1n) is 12.8. The molecule has 0 unspecified atom stereocenters. The highest BCUT2D eigenvalue weighted by atomic mass is 32.2. The normalized spacial score (nSPS) is 11.9. The molecule has 0 saturated carbocycles. The van der Waals surface area contributed by atoms with E-state index in [9.17, 15) is 18.0 Å². The number of sulfonamides is 1. The van der Waals surface area contributed by atoms with Crippen LogP contribution >= 0.6 is 0 Å². The number of nitrogens with one attached hydrogen (secondary N) is 1. The fraction of sp³-hybridized carbons (Fsp3) is 0.333. The zero-order valence-corrected chi connectivity index (χ0v) is 24.2. The molecule has 2 amide bonds. The second kappa shape index (κ2) is 12.8. The van der Waals surface area contributed by atoms with Crippen LogP contribution in [0.1, 0.15) is 35.6 Å². The first kappa shape index (κ1) is 29.7. The van der Waals surface area contributed by atoms with Gasteiger partial charge in [-0.25, -0.2) is 8.42 Å². The van der Waals surface area contributed by atoms with Crippen molar-refractivity contribution in [3.8, 4) is 5.75 Å². The van der Waals surface area contributed by atoms with Gasteiger partial charge in [0.25, 0.3) is 10.0 Å². The van der Waals surface area contributed by atoms with Crippen LogP contribution in [-0.2, 0) is 26.2 Å². The molecule has 1 atom stereocenters. The lowest BCUT2D eigenvalue weighted by Crippen LogP contribution is -2.51. The predicted molar refractivity (Wildman–Crippen MR) is 153 cm³/mol. The summed E-state index contributed by atoms with van der Waals surface area (Å²) in [5.74, 6) is -0.517. The van der Waals surface area contributed by atoms with Crippen molar-refractivity contribution in [1.82, 2.24) is 10.2 Å². The highest BCUT2D eigenvalue weighted by molar-refractivity contribution is 7.92. The highest BCUT2D eigenvalue weighted by Crippen LogP contribution is 2.34. The predicted octanol–water partition coefficient (Wildman–Crippen LogP) is 4.37. The minimum atomic E-state index is -4.18. The minimum Gasteiger partial charge on any atom is -0.495 e. The van der Waals surface area contributed by atoms with Crippen LogP contribution in [-0.4, -0.2) is 51.9 Å². The molecule has 0 aliphatic rings. The van der Waals surface area contributed by atoms with Crippen LogP contribution < -0.4 is 14.4 Å². The number of amides is 2. The Bertz CT molecular complexity index is 1400. The van der Waals surface area contributed by atoms with E-state index < -0.39 is 28.5 Å². The molecule has 0 heterocycles. The number of nitrogens with zero attached hydrogens (tertiary/aromatic N) is 2. The van der Waals surface area contributed by atoms with Gasteiger partial charge in [0.05, 0.1) is 17.7 Å². The molecule has 39 heavy (non-hydrogen) atoms. The van der Waals surface area contributed by atoms with E-state index in [1.165, 1.54) is 31.2 Å². The van der Waals surface area contributed by atoms with Gasteiger partial charge in [0, 0.05) is 13.6 Å². The number of methoxy groups -OCH3 is 1. The van der Waals surface area contributed by atoms with Gasteiger partial charge in [0.15, 0.2) is 0 Å². The standard InChI is InChI=1S/C30H37N3O5S/c1-7-26(30(35)31-5)32(19-24-13-8-21(2)9-14-24)29(34)20-33(27-18-23(4)12-17-28(27)38-6)39(36,37)25-15-10-22(3)11-16-25/h8-18,26H,7,19-20H2,1-6H3,(H,31,35)/t26-/m0/s1. The Morgan fingerprint density at radius 3 is 2.00 bits per heavy atom. The van der Waals surface area contributed by atoms with Gasteiger partial charge < -0.3 is 15.0 Å². The van der Waals surface area contributed by atoms with Crippen molar-refractivity contribution in [2.24, 2.45) is 0 Å². The number of hydrogen-bond donors (Lipinski definition) is 1. The number of aryl methyl sites for hydroxylation is 3. The molecule has 0 bridgehead atoms. The van der Waals surface area contributed by atoms with Gasteiger partial charge in [0.1, 0.15) is 18.3 Å². The monoisotopic (exact) mass is 551 g/mol. The zero-order valence-electron chi connectivity index (χ0n) is 23.4. The molecule has 8 nitrogen and oxygen atoms in total. The lowest BCUT2D eigenvalue weighted by atomic mass is 10.1. The molecule has 0 saturated heterocycles. The molecule has 3 aromatic rings. The average molecular weight is 552 g/mol. The van der Waals surface area contributed by atoms with Crippen molar-refractivity contribution in [1.29, 1.82) is 0 Å². The SMILES string of the molecule is CC[C@@H](C(=O)NC)N(Cc1ccc(C)cc1)C(=O)CN(c1cc(C)ccc1OC)S(=O)(=O)c1ccc(C)cc1. The summed E-state index contributed by atoms with van der Waals surface area (Å²) in [5, 5.41) is 2.63. The van der Waals surface area contributed by atoms with Gasteiger partial charge in [-0.05, 0) is 62.6 Å². The van der Waals surface area contributed by atoms with Gasteiger partial charge in [-0.1, -0.05) is 60.5 Å². The van der Waals surface area contributed by atoms with Crippen molar-refractivity contribution in [2.45, 2.75) is 51.6 Å². The molecule has 9 heteroatoms. The van der Waals surface area contributed by atoms with Gasteiger partial charge >= 0.3 is 0 Å². The number of carbonyl (C=O) groups is 2. The highest BCUT2D eigenvalue weighted by Gasteiger charge is 2.34. The van der Waals surface area contributed by atoms with Gasteiger partial charge in [-0.3, -0.25) is 13.9 Å². The first-order chi connectivity index (χ1) is 18.5. The van der Waals surface area contributed by atoms with Crippen LogP contribution in [0.15, 0.2) is 71.6 Å².